The number of aryl methyl sites for hydroxylation is 2. The Balaban J connectivity index is 1.76. The van der Waals surface area contributed by atoms with Crippen LogP contribution in [0.15, 0.2) is 47.2 Å². The van der Waals surface area contributed by atoms with E-state index in [1.807, 2.05) is 31.4 Å². The minimum atomic E-state index is -0.471. The lowest BCUT2D eigenvalue weighted by molar-refractivity contribution is 0.0998. The number of fused-ring (bicyclic) bond motifs is 1. The van der Waals surface area contributed by atoms with Crippen LogP contribution in [0.3, 0.4) is 0 Å². The molecular formula is C20H16Cl2N4O2S. The Morgan fingerprint density at radius 2 is 1.93 bits per heavy atom. The molecule has 0 saturated heterocycles. The Hall–Kier alpha value is -2.61. The molecule has 1 amide bonds. The number of carbonyl (C=O) groups is 1. The van der Waals surface area contributed by atoms with E-state index in [9.17, 15) is 10.0 Å². The number of aromatic nitrogens is 3. The summed E-state index contributed by atoms with van der Waals surface area (Å²) in [5.41, 5.74) is 3.43. The molecule has 3 aromatic heterocycles. The molecule has 0 atom stereocenters. The summed E-state index contributed by atoms with van der Waals surface area (Å²) in [6.07, 6.45) is 4.48. The number of thiazole rings is 1. The fraction of sp³-hybridized carbons (Fsp3) is 0.150. The lowest BCUT2D eigenvalue weighted by Crippen LogP contribution is -2.12. The van der Waals surface area contributed by atoms with Crippen molar-refractivity contribution in [2.45, 2.75) is 20.4 Å². The maximum Gasteiger partial charge on any atom is 0.277 e. The summed E-state index contributed by atoms with van der Waals surface area (Å²) in [4.78, 5) is 21.3. The number of hydrogen-bond acceptors (Lipinski definition) is 4. The topological polar surface area (TPSA) is 72.4 Å². The Bertz CT molecular complexity index is 1290. The number of hydrogen-bond donors (Lipinski definition) is 1. The summed E-state index contributed by atoms with van der Waals surface area (Å²) < 4.78 is 2.79. The highest BCUT2D eigenvalue weighted by Gasteiger charge is 2.12. The van der Waals surface area contributed by atoms with Crippen molar-refractivity contribution < 1.29 is 10.0 Å². The van der Waals surface area contributed by atoms with Gasteiger partial charge in [0, 0.05) is 28.0 Å². The molecule has 9 heteroatoms. The molecule has 4 rings (SSSR count). The molecule has 1 aromatic carbocycles. The van der Waals surface area contributed by atoms with Crippen molar-refractivity contribution in [2.75, 3.05) is 0 Å². The molecule has 148 valence electrons. The van der Waals surface area contributed by atoms with Gasteiger partial charge in [-0.05, 0) is 31.5 Å². The van der Waals surface area contributed by atoms with Gasteiger partial charge in [-0.2, -0.15) is 4.73 Å². The fourth-order valence-electron chi connectivity index (χ4n) is 3.17. The fourth-order valence-corrected chi connectivity index (χ4v) is 4.31. The van der Waals surface area contributed by atoms with Crippen LogP contribution >= 0.6 is 34.5 Å². The quantitative estimate of drug-likeness (QED) is 0.457. The zero-order valence-electron chi connectivity index (χ0n) is 15.6. The third-order valence-corrected chi connectivity index (χ3v) is 5.86. The Morgan fingerprint density at radius 1 is 1.21 bits per heavy atom. The van der Waals surface area contributed by atoms with Gasteiger partial charge in [-0.3, -0.25) is 4.79 Å². The van der Waals surface area contributed by atoms with E-state index in [0.29, 0.717) is 12.1 Å². The summed E-state index contributed by atoms with van der Waals surface area (Å²) in [5.74, 6) is -0.471. The van der Waals surface area contributed by atoms with Crippen molar-refractivity contribution in [1.29, 1.82) is 0 Å². The molecule has 0 aliphatic heterocycles. The number of carbonyl (C=O) groups excluding carboxylic acids is 1. The van der Waals surface area contributed by atoms with Crippen LogP contribution in [0.25, 0.3) is 10.9 Å². The van der Waals surface area contributed by atoms with E-state index in [4.69, 9.17) is 23.2 Å². The maximum atomic E-state index is 12.8. The Morgan fingerprint density at radius 3 is 2.59 bits per heavy atom. The highest BCUT2D eigenvalue weighted by Crippen LogP contribution is 2.24. The van der Waals surface area contributed by atoms with E-state index < -0.39 is 5.91 Å². The van der Waals surface area contributed by atoms with Crippen LogP contribution in [-0.4, -0.2) is 25.4 Å². The number of amides is 1. The largest absolute Gasteiger partial charge is 0.429 e. The highest BCUT2D eigenvalue weighted by molar-refractivity contribution is 7.09. The molecule has 0 aliphatic rings. The molecule has 0 bridgehead atoms. The van der Waals surface area contributed by atoms with Gasteiger partial charge in [0.2, 0.25) is 0 Å². The van der Waals surface area contributed by atoms with Gasteiger partial charge >= 0.3 is 0 Å². The molecule has 4 aromatic rings. The number of rotatable bonds is 3. The van der Waals surface area contributed by atoms with E-state index in [2.05, 4.69) is 20.7 Å². The predicted octanol–water partition coefficient (Wildman–Crippen LogP) is 4.85. The number of nitrogens with zero attached hydrogens (tertiary/aromatic N) is 4. The normalized spacial score (nSPS) is 11.2. The van der Waals surface area contributed by atoms with Gasteiger partial charge in [-0.25, -0.2) is 9.98 Å². The van der Waals surface area contributed by atoms with Gasteiger partial charge in [0.25, 0.3) is 5.91 Å². The summed E-state index contributed by atoms with van der Waals surface area (Å²) in [7, 11) is 0. The molecule has 0 spiro atoms. The van der Waals surface area contributed by atoms with Crippen molar-refractivity contribution in [1.82, 2.24) is 14.3 Å². The van der Waals surface area contributed by atoms with Crippen molar-refractivity contribution in [3.63, 3.8) is 0 Å². The van der Waals surface area contributed by atoms with Crippen molar-refractivity contribution in [3.8, 4) is 0 Å². The molecule has 0 saturated carbocycles. The number of pyridine rings is 1. The molecule has 0 radical (unpaired) electrons. The molecular weight excluding hydrogens is 431 g/mol. The van der Waals surface area contributed by atoms with Gasteiger partial charge in [-0.1, -0.05) is 29.3 Å². The predicted molar refractivity (Wildman–Crippen MR) is 114 cm³/mol. The third-order valence-electron chi connectivity index (χ3n) is 4.48. The second kappa shape index (κ2) is 7.67. The molecule has 29 heavy (non-hydrogen) atoms. The third kappa shape index (κ3) is 3.94. The average molecular weight is 447 g/mol. The standard InChI is InChI=1S/C20H16Cl2N4O2S/c1-11-6-25(7-14-10-29-12(2)23-14)18-5-13(3-4-15(11)18)20(27)24-19-16(21)8-26(28)9-17(19)22/h3-6,8-10,28H,7H2,1-2H3. The maximum absolute atomic E-state index is 12.8. The molecule has 1 N–H and O–H groups in total. The monoisotopic (exact) mass is 446 g/mol. The molecule has 0 aliphatic carbocycles. The van der Waals surface area contributed by atoms with Crippen LogP contribution in [0, 0.1) is 13.8 Å². The van der Waals surface area contributed by atoms with E-state index in [1.54, 1.807) is 17.4 Å². The zero-order chi connectivity index (χ0) is 20.7. The molecule has 3 heterocycles. The summed E-state index contributed by atoms with van der Waals surface area (Å²) in [6.45, 7) is 4.63. The SMILES string of the molecule is Cc1nc(Cn2cc(C)c3ccc(C(=O)N=c4c(Cl)cn(O)cc4Cl)cc32)cs1. The minimum absolute atomic E-state index is 0.0764. The van der Waals surface area contributed by atoms with Crippen molar-refractivity contribution in [3.05, 3.63) is 79.4 Å². The smallest absolute Gasteiger partial charge is 0.277 e. The van der Waals surface area contributed by atoms with Gasteiger partial charge in [0.05, 0.1) is 39.7 Å². The van der Waals surface area contributed by atoms with E-state index >= 15 is 0 Å². The Labute approximate surface area is 180 Å². The summed E-state index contributed by atoms with van der Waals surface area (Å²) >= 11 is 13.7. The van der Waals surface area contributed by atoms with Crippen LogP contribution in [0.4, 0.5) is 0 Å². The van der Waals surface area contributed by atoms with Crippen LogP contribution in [0.5, 0.6) is 0 Å². The zero-order valence-corrected chi connectivity index (χ0v) is 17.9. The first-order valence-electron chi connectivity index (χ1n) is 8.68. The van der Waals surface area contributed by atoms with Gasteiger partial charge < -0.3 is 9.77 Å². The van der Waals surface area contributed by atoms with Crippen LogP contribution in [-0.2, 0) is 6.54 Å². The highest BCUT2D eigenvalue weighted by atomic mass is 35.5. The van der Waals surface area contributed by atoms with Crippen LogP contribution in [0.1, 0.15) is 26.6 Å². The summed E-state index contributed by atoms with van der Waals surface area (Å²) in [5, 5.41) is 13.8. The van der Waals surface area contributed by atoms with Gasteiger partial charge in [0.15, 0.2) is 0 Å². The van der Waals surface area contributed by atoms with Crippen molar-refractivity contribution in [2.24, 2.45) is 4.99 Å². The van der Waals surface area contributed by atoms with Gasteiger partial charge in [0.1, 0.15) is 5.36 Å². The Kier molecular flexibility index (Phi) is 5.21. The minimum Gasteiger partial charge on any atom is -0.429 e. The van der Waals surface area contributed by atoms with E-state index in [0.717, 1.165) is 31.9 Å². The lowest BCUT2D eigenvalue weighted by atomic mass is 10.1. The van der Waals surface area contributed by atoms with Crippen LogP contribution in [0.2, 0.25) is 10.0 Å². The van der Waals surface area contributed by atoms with Crippen LogP contribution < -0.4 is 5.36 Å². The second-order valence-corrected chi connectivity index (χ2v) is 8.51. The van der Waals surface area contributed by atoms with Crippen molar-refractivity contribution >= 4 is 51.3 Å². The van der Waals surface area contributed by atoms with E-state index in [1.165, 1.54) is 12.4 Å². The number of halogens is 2. The average Bonchev–Trinajstić information content (AvgIpc) is 3.21. The summed E-state index contributed by atoms with van der Waals surface area (Å²) in [6, 6.07) is 5.45. The lowest BCUT2D eigenvalue weighted by Gasteiger charge is -2.05. The molecule has 0 fully saturated rings. The molecule has 0 unspecified atom stereocenters. The first-order chi connectivity index (χ1) is 13.8. The first-order valence-corrected chi connectivity index (χ1v) is 10.3. The van der Waals surface area contributed by atoms with E-state index in [-0.39, 0.29) is 15.4 Å². The first kappa shape index (κ1) is 19.7. The second-order valence-electron chi connectivity index (χ2n) is 6.63. The van der Waals surface area contributed by atoms with Gasteiger partial charge in [-0.15, -0.1) is 11.3 Å². The molecule has 6 nitrogen and oxygen atoms in total. The number of benzene rings is 1.